The van der Waals surface area contributed by atoms with E-state index in [9.17, 15) is 4.79 Å². The molecule has 3 aliphatic carbocycles. The molecule has 0 amide bonds. The third-order valence-electron chi connectivity index (χ3n) is 8.52. The first-order valence-corrected chi connectivity index (χ1v) is 11.9. The van der Waals surface area contributed by atoms with Crippen molar-refractivity contribution in [1.29, 1.82) is 0 Å². The third-order valence-corrected chi connectivity index (χ3v) is 8.52. The molecule has 31 heavy (non-hydrogen) atoms. The molecule has 3 aliphatic rings. The average Bonchev–Trinajstić information content (AvgIpc) is 3.04. The summed E-state index contributed by atoms with van der Waals surface area (Å²) in [6, 6.07) is 15.4. The fraction of sp³-hybridized carbons (Fsp3) is 0.483. The summed E-state index contributed by atoms with van der Waals surface area (Å²) in [5, 5.41) is 0. The second-order valence-corrected chi connectivity index (χ2v) is 10.5. The largest absolute Gasteiger partial charge is 0.497 e. The summed E-state index contributed by atoms with van der Waals surface area (Å²) in [6.07, 6.45) is 7.53. The van der Waals surface area contributed by atoms with Gasteiger partial charge in [0.15, 0.2) is 5.78 Å². The van der Waals surface area contributed by atoms with Gasteiger partial charge < -0.3 is 4.74 Å². The molecule has 5 rings (SSSR count). The SMILES string of the molecule is COc1ccc2c(c1)CCC1C2CCC2(C)C(=O)C(=Cc3ccc(C(C)C)cc3)CC12. The number of methoxy groups -OCH3 is 1. The minimum absolute atomic E-state index is 0.186. The maximum Gasteiger partial charge on any atom is 0.165 e. The van der Waals surface area contributed by atoms with Gasteiger partial charge in [-0.1, -0.05) is 51.1 Å². The van der Waals surface area contributed by atoms with Crippen molar-refractivity contribution in [2.45, 2.75) is 64.7 Å². The van der Waals surface area contributed by atoms with Crippen LogP contribution in [0, 0.1) is 17.3 Å². The average molecular weight is 415 g/mol. The van der Waals surface area contributed by atoms with E-state index in [1.54, 1.807) is 7.11 Å². The Labute approximate surface area is 186 Å². The van der Waals surface area contributed by atoms with Crippen LogP contribution in [0.5, 0.6) is 5.75 Å². The number of carbonyl (C=O) groups is 1. The van der Waals surface area contributed by atoms with E-state index in [4.69, 9.17) is 4.74 Å². The van der Waals surface area contributed by atoms with Gasteiger partial charge in [0.25, 0.3) is 0 Å². The summed E-state index contributed by atoms with van der Waals surface area (Å²) in [5.74, 6) is 3.56. The standard InChI is InChI=1S/C29H34O2/c1-18(2)20-7-5-19(6-8-20)15-22-17-27-26-11-9-21-16-23(31-4)10-12-24(21)25(26)13-14-29(27,3)28(22)30/h5-8,10,12,15-16,18,25-27H,9,11,13-14,17H2,1-4H3. The van der Waals surface area contributed by atoms with Crippen molar-refractivity contribution in [2.75, 3.05) is 7.11 Å². The van der Waals surface area contributed by atoms with Gasteiger partial charge in [0, 0.05) is 5.41 Å². The molecular weight excluding hydrogens is 380 g/mol. The topological polar surface area (TPSA) is 26.3 Å². The molecule has 2 fully saturated rings. The molecule has 0 heterocycles. The molecule has 2 saturated carbocycles. The lowest BCUT2D eigenvalue weighted by molar-refractivity contribution is -0.127. The molecule has 162 valence electrons. The smallest absolute Gasteiger partial charge is 0.165 e. The van der Waals surface area contributed by atoms with Crippen LogP contribution in [0.2, 0.25) is 0 Å². The molecule has 0 N–H and O–H groups in total. The number of aryl methyl sites for hydroxylation is 1. The predicted octanol–water partition coefficient (Wildman–Crippen LogP) is 6.94. The number of allylic oxidation sites excluding steroid dienone is 1. The molecular formula is C29H34O2. The van der Waals surface area contributed by atoms with Gasteiger partial charge in [-0.2, -0.15) is 0 Å². The molecule has 4 unspecified atom stereocenters. The molecule has 2 aromatic rings. The number of hydrogen-bond donors (Lipinski definition) is 0. The van der Waals surface area contributed by atoms with E-state index < -0.39 is 0 Å². The van der Waals surface area contributed by atoms with E-state index in [0.29, 0.717) is 29.5 Å². The van der Waals surface area contributed by atoms with Crippen molar-refractivity contribution >= 4 is 11.9 Å². The van der Waals surface area contributed by atoms with Gasteiger partial charge in [-0.05, 0) is 102 Å². The van der Waals surface area contributed by atoms with Gasteiger partial charge in [-0.3, -0.25) is 4.79 Å². The minimum Gasteiger partial charge on any atom is -0.497 e. The number of rotatable bonds is 3. The van der Waals surface area contributed by atoms with E-state index in [-0.39, 0.29) is 5.41 Å². The Morgan fingerprint density at radius 1 is 1.10 bits per heavy atom. The van der Waals surface area contributed by atoms with Gasteiger partial charge in [0.05, 0.1) is 7.11 Å². The lowest BCUT2D eigenvalue weighted by Crippen LogP contribution is -2.42. The molecule has 0 aliphatic heterocycles. The molecule has 4 atom stereocenters. The van der Waals surface area contributed by atoms with E-state index in [0.717, 1.165) is 42.6 Å². The molecule has 0 bridgehead atoms. The van der Waals surface area contributed by atoms with E-state index >= 15 is 0 Å². The second kappa shape index (κ2) is 7.65. The number of benzene rings is 2. The monoisotopic (exact) mass is 414 g/mol. The van der Waals surface area contributed by atoms with Crippen LogP contribution in [0.25, 0.3) is 6.08 Å². The molecule has 2 heteroatoms. The van der Waals surface area contributed by atoms with Gasteiger partial charge >= 0.3 is 0 Å². The highest BCUT2D eigenvalue weighted by Gasteiger charge is 2.56. The van der Waals surface area contributed by atoms with Crippen molar-refractivity contribution < 1.29 is 9.53 Å². The van der Waals surface area contributed by atoms with Crippen molar-refractivity contribution in [3.05, 3.63) is 70.3 Å². The Kier molecular flexibility index (Phi) is 5.07. The first-order chi connectivity index (χ1) is 14.9. The number of hydrogen-bond acceptors (Lipinski definition) is 2. The molecule has 2 aromatic carbocycles. The van der Waals surface area contributed by atoms with Crippen LogP contribution in [0.15, 0.2) is 48.0 Å². The quantitative estimate of drug-likeness (QED) is 0.509. The maximum atomic E-state index is 13.6. The first-order valence-electron chi connectivity index (χ1n) is 11.9. The van der Waals surface area contributed by atoms with Gasteiger partial charge in [-0.15, -0.1) is 0 Å². The molecule has 0 spiro atoms. The number of ketones is 1. The Bertz CT molecular complexity index is 1030. The van der Waals surface area contributed by atoms with E-state index in [1.807, 2.05) is 0 Å². The van der Waals surface area contributed by atoms with Crippen LogP contribution < -0.4 is 4.74 Å². The summed E-state index contributed by atoms with van der Waals surface area (Å²) < 4.78 is 5.45. The Balaban J connectivity index is 1.43. The summed E-state index contributed by atoms with van der Waals surface area (Å²) >= 11 is 0. The number of Topliss-reactive ketones (excluding diaryl/α,β-unsaturated/α-hetero) is 1. The minimum atomic E-state index is -0.186. The normalized spacial score (nSPS) is 30.8. The van der Waals surface area contributed by atoms with Crippen LogP contribution in [-0.4, -0.2) is 12.9 Å². The fourth-order valence-corrected chi connectivity index (χ4v) is 6.66. The van der Waals surface area contributed by atoms with Crippen molar-refractivity contribution in [3.8, 4) is 5.75 Å². The molecule has 0 saturated heterocycles. The zero-order valence-electron chi connectivity index (χ0n) is 19.3. The third kappa shape index (κ3) is 3.35. The van der Waals surface area contributed by atoms with Crippen molar-refractivity contribution in [2.24, 2.45) is 17.3 Å². The first kappa shape index (κ1) is 20.5. The van der Waals surface area contributed by atoms with E-state index in [1.165, 1.54) is 23.1 Å². The predicted molar refractivity (Wildman–Crippen MR) is 127 cm³/mol. The highest BCUT2D eigenvalue weighted by Crippen LogP contribution is 2.60. The Morgan fingerprint density at radius 2 is 1.87 bits per heavy atom. The lowest BCUT2D eigenvalue weighted by atomic mass is 9.55. The van der Waals surface area contributed by atoms with Crippen molar-refractivity contribution in [1.82, 2.24) is 0 Å². The number of carbonyl (C=O) groups excluding carboxylic acids is 1. The van der Waals surface area contributed by atoms with Gasteiger partial charge in [0.2, 0.25) is 0 Å². The van der Waals surface area contributed by atoms with Gasteiger partial charge in [0.1, 0.15) is 5.75 Å². The van der Waals surface area contributed by atoms with Crippen LogP contribution in [-0.2, 0) is 11.2 Å². The fourth-order valence-electron chi connectivity index (χ4n) is 6.66. The van der Waals surface area contributed by atoms with Gasteiger partial charge in [-0.25, -0.2) is 0 Å². The highest BCUT2D eigenvalue weighted by atomic mass is 16.5. The molecule has 2 nitrogen and oxygen atoms in total. The van der Waals surface area contributed by atoms with E-state index in [2.05, 4.69) is 69.3 Å². The lowest BCUT2D eigenvalue weighted by Gasteiger charge is -2.48. The summed E-state index contributed by atoms with van der Waals surface area (Å²) in [7, 11) is 1.74. The summed E-state index contributed by atoms with van der Waals surface area (Å²) in [5.41, 5.74) is 6.33. The molecule has 0 radical (unpaired) electrons. The highest BCUT2D eigenvalue weighted by molar-refractivity contribution is 6.06. The van der Waals surface area contributed by atoms with Crippen LogP contribution in [0.1, 0.15) is 80.5 Å². The summed E-state index contributed by atoms with van der Waals surface area (Å²) in [4.78, 5) is 13.6. The Hall–Kier alpha value is -2.35. The van der Waals surface area contributed by atoms with Crippen LogP contribution >= 0.6 is 0 Å². The Morgan fingerprint density at radius 3 is 2.58 bits per heavy atom. The van der Waals surface area contributed by atoms with Crippen LogP contribution in [0.4, 0.5) is 0 Å². The van der Waals surface area contributed by atoms with Crippen molar-refractivity contribution in [3.63, 3.8) is 0 Å². The second-order valence-electron chi connectivity index (χ2n) is 10.5. The zero-order chi connectivity index (χ0) is 21.8. The summed E-state index contributed by atoms with van der Waals surface area (Å²) in [6.45, 7) is 6.69. The van der Waals surface area contributed by atoms with Crippen LogP contribution in [0.3, 0.4) is 0 Å². The number of ether oxygens (including phenoxy) is 1. The zero-order valence-corrected chi connectivity index (χ0v) is 19.3. The maximum absolute atomic E-state index is 13.6. The number of fused-ring (bicyclic) bond motifs is 5. The molecule has 0 aromatic heterocycles.